The van der Waals surface area contributed by atoms with Gasteiger partial charge in [0, 0.05) is 17.8 Å². The van der Waals surface area contributed by atoms with E-state index in [2.05, 4.69) is 6.92 Å². The fourth-order valence-corrected chi connectivity index (χ4v) is 2.32. The van der Waals surface area contributed by atoms with Gasteiger partial charge in [-0.05, 0) is 55.0 Å². The Morgan fingerprint density at radius 1 is 0.808 bits per heavy atom. The summed E-state index contributed by atoms with van der Waals surface area (Å²) in [6.07, 6.45) is 2.23. The van der Waals surface area contributed by atoms with Crippen molar-refractivity contribution in [3.05, 3.63) is 59.7 Å². The summed E-state index contributed by atoms with van der Waals surface area (Å²) in [5.74, 6) is -1.12. The first-order valence-corrected chi connectivity index (χ1v) is 8.62. The maximum atomic E-state index is 12.3. The summed E-state index contributed by atoms with van der Waals surface area (Å²) in [4.78, 5) is 24.6. The Hall–Kier alpha value is -3.02. The molecule has 2 aromatic carbocycles. The molecule has 0 aliphatic carbocycles. The highest BCUT2D eigenvalue weighted by molar-refractivity contribution is 5.91. The van der Waals surface area contributed by atoms with Gasteiger partial charge in [0.15, 0.2) is 0 Å². The van der Waals surface area contributed by atoms with Crippen molar-refractivity contribution in [2.45, 2.75) is 38.9 Å². The number of unbranched alkanes of at least 4 members (excludes halogenated alkanes) is 2. The fourth-order valence-electron chi connectivity index (χ4n) is 2.32. The molecule has 4 N–H and O–H groups in total. The molecule has 0 atom stereocenters. The second-order valence-electron chi connectivity index (χ2n) is 5.98. The monoisotopic (exact) mass is 356 g/mol. The average Bonchev–Trinajstić information content (AvgIpc) is 2.62. The number of nitrogen functional groups attached to an aromatic ring is 2. The summed E-state index contributed by atoms with van der Waals surface area (Å²) >= 11 is 0. The third kappa shape index (κ3) is 5.81. The van der Waals surface area contributed by atoms with E-state index in [4.69, 9.17) is 20.9 Å². The molecule has 0 unspecified atom stereocenters. The molecular weight excluding hydrogens is 332 g/mol. The predicted octanol–water partition coefficient (Wildman–Crippen LogP) is 3.77. The van der Waals surface area contributed by atoms with Gasteiger partial charge in [0.25, 0.3) is 0 Å². The van der Waals surface area contributed by atoms with Gasteiger partial charge in [0.05, 0.1) is 11.1 Å². The molecule has 0 amide bonds. The molecule has 0 radical (unpaired) electrons. The lowest BCUT2D eigenvalue weighted by Gasteiger charge is -2.18. The van der Waals surface area contributed by atoms with E-state index in [-0.39, 0.29) is 0 Å². The van der Waals surface area contributed by atoms with Gasteiger partial charge in [-0.15, -0.1) is 0 Å². The van der Waals surface area contributed by atoms with Gasteiger partial charge in [0.2, 0.25) is 6.29 Å². The van der Waals surface area contributed by atoms with E-state index in [1.807, 2.05) is 0 Å². The van der Waals surface area contributed by atoms with Gasteiger partial charge in [-0.3, -0.25) is 0 Å². The van der Waals surface area contributed by atoms with Gasteiger partial charge in [-0.1, -0.05) is 19.8 Å². The van der Waals surface area contributed by atoms with Crippen LogP contribution in [0.3, 0.4) is 0 Å². The highest BCUT2D eigenvalue weighted by Gasteiger charge is 2.21. The Morgan fingerprint density at radius 2 is 1.23 bits per heavy atom. The van der Waals surface area contributed by atoms with Crippen LogP contribution >= 0.6 is 0 Å². The smallest absolute Gasteiger partial charge is 0.341 e. The number of carbonyl (C=O) groups is 2. The first-order valence-electron chi connectivity index (χ1n) is 8.62. The molecule has 26 heavy (non-hydrogen) atoms. The van der Waals surface area contributed by atoms with Crippen LogP contribution in [-0.4, -0.2) is 18.2 Å². The van der Waals surface area contributed by atoms with Crippen LogP contribution in [0.5, 0.6) is 0 Å². The fraction of sp³-hybridized carbons (Fsp3) is 0.300. The summed E-state index contributed by atoms with van der Waals surface area (Å²) in [5.41, 5.74) is 13.0. The Kier molecular flexibility index (Phi) is 7.02. The number of hydrogen-bond acceptors (Lipinski definition) is 6. The third-order valence-corrected chi connectivity index (χ3v) is 3.81. The number of nitrogens with two attached hydrogens (primary N) is 2. The minimum atomic E-state index is -0.948. The summed E-state index contributed by atoms with van der Waals surface area (Å²) in [5, 5.41) is 0. The zero-order valence-electron chi connectivity index (χ0n) is 14.8. The van der Waals surface area contributed by atoms with Crippen LogP contribution in [0, 0.1) is 0 Å². The van der Waals surface area contributed by atoms with Crippen molar-refractivity contribution < 1.29 is 19.1 Å². The van der Waals surface area contributed by atoms with E-state index < -0.39 is 18.2 Å². The maximum Gasteiger partial charge on any atom is 0.341 e. The van der Waals surface area contributed by atoms with Crippen LogP contribution in [0.15, 0.2) is 48.5 Å². The average molecular weight is 356 g/mol. The van der Waals surface area contributed by atoms with Crippen molar-refractivity contribution >= 4 is 23.3 Å². The first kappa shape index (κ1) is 19.3. The Balaban J connectivity index is 2.04. The normalized spacial score (nSPS) is 10.5. The quantitative estimate of drug-likeness (QED) is 0.323. The predicted molar refractivity (Wildman–Crippen MR) is 100 cm³/mol. The van der Waals surface area contributed by atoms with Crippen LogP contribution < -0.4 is 11.5 Å². The van der Waals surface area contributed by atoms with E-state index in [9.17, 15) is 9.59 Å². The molecule has 2 rings (SSSR count). The van der Waals surface area contributed by atoms with Crippen LogP contribution in [0.1, 0.15) is 53.3 Å². The molecule has 0 aromatic heterocycles. The molecule has 0 fully saturated rings. The molecule has 0 aliphatic heterocycles. The van der Waals surface area contributed by atoms with Crippen molar-refractivity contribution in [2.24, 2.45) is 0 Å². The van der Waals surface area contributed by atoms with Gasteiger partial charge in [-0.25, -0.2) is 9.59 Å². The number of esters is 2. The van der Waals surface area contributed by atoms with Crippen LogP contribution in [-0.2, 0) is 9.47 Å². The van der Waals surface area contributed by atoms with Gasteiger partial charge < -0.3 is 20.9 Å². The largest absolute Gasteiger partial charge is 0.422 e. The topological polar surface area (TPSA) is 105 Å². The summed E-state index contributed by atoms with van der Waals surface area (Å²) in [7, 11) is 0. The third-order valence-electron chi connectivity index (χ3n) is 3.81. The number of carbonyl (C=O) groups excluding carboxylic acids is 2. The molecule has 0 saturated heterocycles. The van der Waals surface area contributed by atoms with Crippen molar-refractivity contribution in [1.29, 1.82) is 0 Å². The van der Waals surface area contributed by atoms with Crippen molar-refractivity contribution in [3.63, 3.8) is 0 Å². The van der Waals surface area contributed by atoms with Crippen LogP contribution in [0.25, 0.3) is 0 Å². The van der Waals surface area contributed by atoms with Crippen LogP contribution in [0.2, 0.25) is 0 Å². The lowest BCUT2D eigenvalue weighted by Crippen LogP contribution is -2.25. The maximum absolute atomic E-state index is 12.3. The molecule has 0 aliphatic rings. The van der Waals surface area contributed by atoms with E-state index in [1.165, 1.54) is 0 Å². The van der Waals surface area contributed by atoms with E-state index in [0.29, 0.717) is 28.9 Å². The standard InChI is InChI=1S/C20H24N2O4/c1-2-3-4-5-18(25-19(23)14-6-10-16(21)11-7-14)26-20(24)15-8-12-17(22)13-9-15/h6-13,18H,2-5,21-22H2,1H3. The molecule has 0 saturated carbocycles. The van der Waals surface area contributed by atoms with Gasteiger partial charge >= 0.3 is 11.9 Å². The second-order valence-corrected chi connectivity index (χ2v) is 5.98. The molecule has 6 nitrogen and oxygen atoms in total. The zero-order chi connectivity index (χ0) is 18.9. The molecular formula is C20H24N2O4. The lowest BCUT2D eigenvalue weighted by atomic mass is 10.2. The minimum absolute atomic E-state index is 0.350. The number of hydrogen-bond donors (Lipinski definition) is 2. The molecule has 0 bridgehead atoms. The highest BCUT2D eigenvalue weighted by atomic mass is 16.7. The van der Waals surface area contributed by atoms with Gasteiger partial charge in [0.1, 0.15) is 0 Å². The number of anilines is 2. The van der Waals surface area contributed by atoms with E-state index >= 15 is 0 Å². The highest BCUT2D eigenvalue weighted by Crippen LogP contribution is 2.15. The zero-order valence-corrected chi connectivity index (χ0v) is 14.8. The summed E-state index contributed by atoms with van der Waals surface area (Å²) < 4.78 is 10.8. The van der Waals surface area contributed by atoms with E-state index in [0.717, 1.165) is 19.3 Å². The SMILES string of the molecule is CCCCCC(OC(=O)c1ccc(N)cc1)OC(=O)c1ccc(N)cc1. The number of rotatable bonds is 8. The van der Waals surface area contributed by atoms with Crippen LogP contribution in [0.4, 0.5) is 11.4 Å². The Labute approximate surface area is 153 Å². The van der Waals surface area contributed by atoms with Crippen molar-refractivity contribution in [2.75, 3.05) is 11.5 Å². The number of ether oxygens (including phenoxy) is 2. The van der Waals surface area contributed by atoms with Crippen molar-refractivity contribution in [1.82, 2.24) is 0 Å². The van der Waals surface area contributed by atoms with Gasteiger partial charge in [-0.2, -0.15) is 0 Å². The summed E-state index contributed by atoms with van der Waals surface area (Å²) in [6.45, 7) is 2.07. The summed E-state index contributed by atoms with van der Waals surface area (Å²) in [6, 6.07) is 12.7. The molecule has 0 heterocycles. The second kappa shape index (κ2) is 9.46. The molecule has 2 aromatic rings. The lowest BCUT2D eigenvalue weighted by molar-refractivity contribution is -0.0837. The molecule has 6 heteroatoms. The number of benzene rings is 2. The minimum Gasteiger partial charge on any atom is -0.422 e. The Morgan fingerprint density at radius 3 is 1.62 bits per heavy atom. The van der Waals surface area contributed by atoms with Crippen molar-refractivity contribution in [3.8, 4) is 0 Å². The van der Waals surface area contributed by atoms with E-state index in [1.54, 1.807) is 48.5 Å². The molecule has 0 spiro atoms. The first-order chi connectivity index (χ1) is 12.5. The molecule has 138 valence electrons. The Bertz CT molecular complexity index is 667.